The quantitative estimate of drug-likeness (QED) is 0.560. The van der Waals surface area contributed by atoms with Gasteiger partial charge >= 0.3 is 5.97 Å². The largest absolute Gasteiger partial charge is 0.463 e. The van der Waals surface area contributed by atoms with Crippen molar-refractivity contribution in [2.24, 2.45) is 22.2 Å². The zero-order chi connectivity index (χ0) is 13.8. The molecule has 0 spiro atoms. The molecule has 0 aromatic rings. The second-order valence-electron chi connectivity index (χ2n) is 7.02. The van der Waals surface area contributed by atoms with E-state index in [9.17, 15) is 4.79 Å². The third kappa shape index (κ3) is 1.38. The van der Waals surface area contributed by atoms with Gasteiger partial charge in [-0.25, -0.2) is 4.79 Å². The van der Waals surface area contributed by atoms with Gasteiger partial charge in [-0.3, -0.25) is 0 Å². The summed E-state index contributed by atoms with van der Waals surface area (Å²) in [6.45, 7) is 15.6. The molecule has 2 fully saturated rings. The van der Waals surface area contributed by atoms with Gasteiger partial charge in [0.1, 0.15) is 0 Å². The maximum atomic E-state index is 12.0. The third-order valence-electron chi connectivity index (χ3n) is 6.50. The number of ether oxygens (including phenoxy) is 1. The van der Waals surface area contributed by atoms with Gasteiger partial charge in [-0.2, -0.15) is 0 Å². The van der Waals surface area contributed by atoms with Crippen LogP contribution in [0.4, 0.5) is 0 Å². The van der Waals surface area contributed by atoms with Crippen molar-refractivity contribution in [2.45, 2.75) is 53.9 Å². The van der Waals surface area contributed by atoms with Gasteiger partial charge in [-0.05, 0) is 42.9 Å². The molecule has 3 atom stereocenters. The Balaban J connectivity index is 2.34. The molecule has 0 saturated heterocycles. The molecule has 0 radical (unpaired) electrons. The minimum Gasteiger partial charge on any atom is -0.463 e. The van der Waals surface area contributed by atoms with Gasteiger partial charge in [0.05, 0.1) is 6.61 Å². The van der Waals surface area contributed by atoms with Crippen molar-refractivity contribution in [2.75, 3.05) is 6.61 Å². The molecule has 2 heteroatoms. The van der Waals surface area contributed by atoms with E-state index in [0.717, 1.165) is 6.42 Å². The lowest BCUT2D eigenvalue weighted by atomic mass is 9.57. The zero-order valence-corrected chi connectivity index (χ0v) is 12.4. The Kier molecular flexibility index (Phi) is 2.92. The number of carbonyl (C=O) groups is 1. The topological polar surface area (TPSA) is 26.3 Å². The molecule has 0 aromatic heterocycles. The molecule has 1 unspecified atom stereocenters. The van der Waals surface area contributed by atoms with Gasteiger partial charge in [-0.1, -0.05) is 34.3 Å². The molecular weight excluding hydrogens is 224 g/mol. The maximum Gasteiger partial charge on any atom is 0.333 e. The monoisotopic (exact) mass is 250 g/mol. The standard InChI is InChI=1S/C16H26O2/c1-7-18-13(17)11(2)15(5)10-12-8-9-16(15,6)14(12,3)4/h12H,2,7-10H2,1,3-6H3/t12-,15?,16+/m1/s1. The SMILES string of the molecule is C=C(C(=O)OCC)C1(C)C[C@H]2CC[C@@]1(C)C2(C)C. The van der Waals surface area contributed by atoms with E-state index in [4.69, 9.17) is 4.74 Å². The molecule has 0 heterocycles. The van der Waals surface area contributed by atoms with Crippen molar-refractivity contribution in [3.05, 3.63) is 12.2 Å². The van der Waals surface area contributed by atoms with Crippen LogP contribution < -0.4 is 0 Å². The Labute approximate surface area is 111 Å². The van der Waals surface area contributed by atoms with Gasteiger partial charge in [0, 0.05) is 11.0 Å². The first-order chi connectivity index (χ1) is 8.20. The molecule has 0 aliphatic heterocycles. The van der Waals surface area contributed by atoms with Gasteiger partial charge in [-0.15, -0.1) is 0 Å². The van der Waals surface area contributed by atoms with Crippen LogP contribution in [0.3, 0.4) is 0 Å². The summed E-state index contributed by atoms with van der Waals surface area (Å²) in [6, 6.07) is 0. The van der Waals surface area contributed by atoms with Crippen LogP contribution in [0.25, 0.3) is 0 Å². The summed E-state index contributed by atoms with van der Waals surface area (Å²) in [5, 5.41) is 0. The van der Waals surface area contributed by atoms with Crippen LogP contribution in [-0.2, 0) is 9.53 Å². The molecule has 2 aliphatic carbocycles. The van der Waals surface area contributed by atoms with E-state index in [1.807, 2.05) is 6.92 Å². The minimum absolute atomic E-state index is 0.105. The number of fused-ring (bicyclic) bond motifs is 2. The van der Waals surface area contributed by atoms with Crippen molar-refractivity contribution >= 4 is 5.97 Å². The molecule has 2 aliphatic rings. The van der Waals surface area contributed by atoms with Crippen LogP contribution in [0.5, 0.6) is 0 Å². The van der Waals surface area contributed by atoms with E-state index in [2.05, 4.69) is 34.3 Å². The summed E-state index contributed by atoms with van der Waals surface area (Å²) < 4.78 is 5.16. The van der Waals surface area contributed by atoms with Gasteiger partial charge in [0.15, 0.2) is 0 Å². The number of hydrogen-bond donors (Lipinski definition) is 0. The van der Waals surface area contributed by atoms with Crippen LogP contribution in [0.1, 0.15) is 53.9 Å². The molecule has 102 valence electrons. The van der Waals surface area contributed by atoms with Crippen molar-refractivity contribution in [1.82, 2.24) is 0 Å². The molecule has 2 saturated carbocycles. The van der Waals surface area contributed by atoms with Crippen LogP contribution in [0.2, 0.25) is 0 Å². The number of esters is 1. The fraction of sp³-hybridized carbons (Fsp3) is 0.812. The molecule has 2 nitrogen and oxygen atoms in total. The van der Waals surface area contributed by atoms with E-state index < -0.39 is 0 Å². The second kappa shape index (κ2) is 3.85. The average molecular weight is 250 g/mol. The van der Waals surface area contributed by atoms with Gasteiger partial charge in [0.2, 0.25) is 0 Å². The summed E-state index contributed by atoms with van der Waals surface area (Å²) in [6.07, 6.45) is 3.56. The Bertz CT molecular complexity index is 396. The summed E-state index contributed by atoms with van der Waals surface area (Å²) in [5.41, 5.74) is 1.03. The smallest absolute Gasteiger partial charge is 0.333 e. The number of rotatable bonds is 3. The van der Waals surface area contributed by atoms with Crippen molar-refractivity contribution in [3.63, 3.8) is 0 Å². The van der Waals surface area contributed by atoms with Crippen molar-refractivity contribution < 1.29 is 9.53 Å². The molecule has 0 aromatic carbocycles. The van der Waals surface area contributed by atoms with E-state index in [1.165, 1.54) is 12.8 Å². The third-order valence-corrected chi connectivity index (χ3v) is 6.50. The van der Waals surface area contributed by atoms with E-state index in [-0.39, 0.29) is 22.2 Å². The number of hydrogen-bond acceptors (Lipinski definition) is 2. The molecule has 2 rings (SSSR count). The average Bonchev–Trinajstić information content (AvgIpc) is 2.60. The predicted molar refractivity (Wildman–Crippen MR) is 73.1 cm³/mol. The molecule has 18 heavy (non-hydrogen) atoms. The zero-order valence-electron chi connectivity index (χ0n) is 12.4. The highest BCUT2D eigenvalue weighted by Gasteiger charge is 2.68. The maximum absolute atomic E-state index is 12.0. The second-order valence-corrected chi connectivity index (χ2v) is 7.02. The highest BCUT2D eigenvalue weighted by Crippen LogP contribution is 2.74. The summed E-state index contributed by atoms with van der Waals surface area (Å²) in [7, 11) is 0. The summed E-state index contributed by atoms with van der Waals surface area (Å²) >= 11 is 0. The Morgan fingerprint density at radius 2 is 1.94 bits per heavy atom. The van der Waals surface area contributed by atoms with Gasteiger partial charge in [0.25, 0.3) is 0 Å². The Morgan fingerprint density at radius 1 is 1.33 bits per heavy atom. The van der Waals surface area contributed by atoms with Crippen LogP contribution in [0, 0.1) is 22.2 Å². The van der Waals surface area contributed by atoms with Crippen LogP contribution in [-0.4, -0.2) is 12.6 Å². The first-order valence-electron chi connectivity index (χ1n) is 7.07. The molecule has 0 amide bonds. The fourth-order valence-electron chi connectivity index (χ4n) is 4.56. The lowest BCUT2D eigenvalue weighted by molar-refractivity contribution is -0.141. The molecule has 2 bridgehead atoms. The highest BCUT2D eigenvalue weighted by atomic mass is 16.5. The van der Waals surface area contributed by atoms with Gasteiger partial charge < -0.3 is 4.74 Å². The first kappa shape index (κ1) is 13.6. The lowest BCUT2D eigenvalue weighted by Crippen LogP contribution is -2.42. The molecular formula is C16H26O2. The van der Waals surface area contributed by atoms with E-state index in [0.29, 0.717) is 18.1 Å². The summed E-state index contributed by atoms with van der Waals surface area (Å²) in [4.78, 5) is 12.0. The number of carbonyl (C=O) groups excluding carboxylic acids is 1. The molecule has 0 N–H and O–H groups in total. The Hall–Kier alpha value is -0.790. The van der Waals surface area contributed by atoms with E-state index in [1.54, 1.807) is 0 Å². The highest BCUT2D eigenvalue weighted by molar-refractivity contribution is 5.89. The lowest BCUT2D eigenvalue weighted by Gasteiger charge is -2.47. The minimum atomic E-state index is -0.204. The van der Waals surface area contributed by atoms with Crippen molar-refractivity contribution in [1.29, 1.82) is 0 Å². The normalized spacial score (nSPS) is 40.8. The summed E-state index contributed by atoms with van der Waals surface area (Å²) in [5.74, 6) is 0.503. The van der Waals surface area contributed by atoms with Crippen LogP contribution >= 0.6 is 0 Å². The first-order valence-corrected chi connectivity index (χ1v) is 7.07. The fourth-order valence-corrected chi connectivity index (χ4v) is 4.56. The van der Waals surface area contributed by atoms with E-state index >= 15 is 0 Å². The van der Waals surface area contributed by atoms with Crippen LogP contribution in [0.15, 0.2) is 12.2 Å². The van der Waals surface area contributed by atoms with Crippen molar-refractivity contribution in [3.8, 4) is 0 Å². The predicted octanol–water partition coefficient (Wildman–Crippen LogP) is 3.96. The Morgan fingerprint density at radius 3 is 2.33 bits per heavy atom.